The van der Waals surface area contributed by atoms with Crippen LogP contribution in [0.15, 0.2) is 30.3 Å². The normalized spacial score (nSPS) is 11.3. The molecule has 3 N–H and O–H groups in total. The second kappa shape index (κ2) is 8.40. The number of benzene rings is 1. The summed E-state index contributed by atoms with van der Waals surface area (Å²) in [6.45, 7) is -3.31. The molecule has 0 bridgehead atoms. The van der Waals surface area contributed by atoms with Crippen LogP contribution in [0.1, 0.15) is 25.7 Å². The van der Waals surface area contributed by atoms with Gasteiger partial charge in [0.1, 0.15) is 0 Å². The van der Waals surface area contributed by atoms with Crippen molar-refractivity contribution in [1.82, 2.24) is 0 Å². The Kier molecular flexibility index (Phi) is 7.20. The molecule has 1 aromatic rings. The van der Waals surface area contributed by atoms with Crippen LogP contribution in [-0.2, 0) is 21.1 Å². The lowest BCUT2D eigenvalue weighted by Gasteiger charge is -2.08. The fourth-order valence-electron chi connectivity index (χ4n) is 1.49. The topological polar surface area (TPSA) is 78.8 Å². The molecule has 0 heterocycles. The summed E-state index contributed by atoms with van der Waals surface area (Å²) in [6, 6.07) is 9.28. The fourth-order valence-corrected chi connectivity index (χ4v) is 2.08. The Bertz CT molecular complexity index is 435. The van der Waals surface area contributed by atoms with E-state index >= 15 is 0 Å². The minimum Gasteiger partial charge on any atom is -0.326 e. The molecule has 1 rings (SSSR count). The predicted molar refractivity (Wildman–Crippen MR) is 78.2 cm³/mol. The third-order valence-corrected chi connectivity index (χ3v) is 3.20. The fraction of sp³-hybridized carbons (Fsp3) is 0.417. The molecule has 7 heteroatoms. The Morgan fingerprint density at radius 1 is 1.21 bits per heavy atom. The second-order valence-electron chi connectivity index (χ2n) is 4.05. The smallest absolute Gasteiger partial charge is 0.321 e. The molecule has 106 valence electrons. The summed E-state index contributed by atoms with van der Waals surface area (Å²) in [6.07, 6.45) is 2.58. The molecule has 0 radical (unpaired) electrons. The van der Waals surface area contributed by atoms with Gasteiger partial charge in [-0.25, -0.2) is 0 Å². The van der Waals surface area contributed by atoms with Gasteiger partial charge < -0.3 is 19.6 Å². The van der Waals surface area contributed by atoms with Crippen LogP contribution in [0.5, 0.6) is 0 Å². The molecule has 0 atom stereocenters. The van der Waals surface area contributed by atoms with Crippen LogP contribution in [0, 0.1) is 0 Å². The van der Waals surface area contributed by atoms with Gasteiger partial charge in [0.15, 0.2) is 0 Å². The van der Waals surface area contributed by atoms with E-state index in [0.717, 1.165) is 18.5 Å². The van der Waals surface area contributed by atoms with E-state index in [4.69, 9.17) is 9.79 Å². The first-order valence-electron chi connectivity index (χ1n) is 6.02. The number of rotatable bonds is 8. The molecule has 0 aliphatic rings. The summed E-state index contributed by atoms with van der Waals surface area (Å²) in [5, 5.41) is 2.80. The van der Waals surface area contributed by atoms with Crippen LogP contribution >= 0.6 is 6.72 Å². The number of para-hydroxylation sites is 1. The van der Waals surface area contributed by atoms with Crippen LogP contribution in [0.2, 0.25) is 0 Å². The maximum absolute atomic E-state index is 11.6. The molecule has 0 aliphatic heterocycles. The van der Waals surface area contributed by atoms with E-state index in [1.165, 1.54) is 0 Å². The maximum atomic E-state index is 11.6. The highest BCUT2D eigenvalue weighted by atomic mass is 32.5. The van der Waals surface area contributed by atoms with Crippen molar-refractivity contribution in [1.29, 1.82) is 0 Å². The molecule has 0 fully saturated rings. The molecule has 0 aromatic heterocycles. The van der Waals surface area contributed by atoms with E-state index < -0.39 is 6.72 Å². The molecular formula is C12H18NO4PS. The van der Waals surface area contributed by atoms with E-state index in [9.17, 15) is 4.79 Å². The Labute approximate surface area is 117 Å². The summed E-state index contributed by atoms with van der Waals surface area (Å²) in [5.41, 5.74) is 0.789. The molecule has 0 saturated carbocycles. The number of unbranched alkanes of at least 4 members (excludes halogenated alkanes) is 2. The van der Waals surface area contributed by atoms with Crippen molar-refractivity contribution < 1.29 is 19.1 Å². The van der Waals surface area contributed by atoms with Gasteiger partial charge in [0.05, 0.1) is 6.61 Å². The number of hydrogen-bond donors (Lipinski definition) is 3. The van der Waals surface area contributed by atoms with Crippen molar-refractivity contribution in [3.63, 3.8) is 0 Å². The Hall–Kier alpha value is -0.780. The third-order valence-electron chi connectivity index (χ3n) is 2.37. The van der Waals surface area contributed by atoms with Crippen molar-refractivity contribution in [3.8, 4) is 0 Å². The zero-order valence-corrected chi connectivity index (χ0v) is 12.2. The minimum absolute atomic E-state index is 0.0263. The molecule has 0 aliphatic carbocycles. The van der Waals surface area contributed by atoms with Crippen LogP contribution in [0.4, 0.5) is 5.69 Å². The molecule has 19 heavy (non-hydrogen) atoms. The maximum Gasteiger partial charge on any atom is 0.321 e. The number of nitrogens with one attached hydrogen (secondary N) is 1. The van der Waals surface area contributed by atoms with Crippen LogP contribution < -0.4 is 5.32 Å². The third kappa shape index (κ3) is 8.86. The average molecular weight is 303 g/mol. The molecule has 5 nitrogen and oxygen atoms in total. The van der Waals surface area contributed by atoms with Crippen LogP contribution in [-0.4, -0.2) is 22.3 Å². The molecule has 0 saturated heterocycles. The highest BCUT2D eigenvalue weighted by Gasteiger charge is 2.07. The quantitative estimate of drug-likeness (QED) is 0.508. The van der Waals surface area contributed by atoms with Crippen molar-refractivity contribution in [2.45, 2.75) is 25.7 Å². The standard InChI is InChI=1S/C12H18NO4PS/c14-12(13-11-7-3-1-4-8-11)9-5-2-6-10-17-18(15,16)19/h1,3-4,7-8H,2,5-6,9-10H2,(H,13,14)(H2,15,16,19). The Morgan fingerprint density at radius 2 is 1.89 bits per heavy atom. The summed E-state index contributed by atoms with van der Waals surface area (Å²) in [7, 11) is 0. The van der Waals surface area contributed by atoms with E-state index in [1.54, 1.807) is 0 Å². The van der Waals surface area contributed by atoms with Crippen molar-refractivity contribution >= 4 is 30.1 Å². The Balaban J connectivity index is 2.07. The van der Waals surface area contributed by atoms with Gasteiger partial charge in [0, 0.05) is 12.1 Å². The van der Waals surface area contributed by atoms with Crippen LogP contribution in [0.25, 0.3) is 0 Å². The van der Waals surface area contributed by atoms with Crippen LogP contribution in [0.3, 0.4) is 0 Å². The largest absolute Gasteiger partial charge is 0.326 e. The molecule has 1 amide bonds. The van der Waals surface area contributed by atoms with Gasteiger partial charge in [0.2, 0.25) is 5.91 Å². The average Bonchev–Trinajstić information content (AvgIpc) is 2.33. The number of hydrogen-bond acceptors (Lipinski definition) is 3. The first kappa shape index (κ1) is 16.3. The molecule has 1 aromatic carbocycles. The number of carbonyl (C=O) groups excluding carboxylic acids is 1. The first-order chi connectivity index (χ1) is 8.97. The van der Waals surface area contributed by atoms with Crippen molar-refractivity contribution in [2.75, 3.05) is 11.9 Å². The zero-order valence-electron chi connectivity index (χ0n) is 10.5. The predicted octanol–water partition coefficient (Wildman–Crippen LogP) is 2.41. The molecule has 0 unspecified atom stereocenters. The second-order valence-corrected chi connectivity index (χ2v) is 6.72. The van der Waals surface area contributed by atoms with Crippen molar-refractivity contribution in [2.24, 2.45) is 0 Å². The van der Waals surface area contributed by atoms with Crippen molar-refractivity contribution in [3.05, 3.63) is 30.3 Å². The van der Waals surface area contributed by atoms with E-state index in [2.05, 4.69) is 21.6 Å². The lowest BCUT2D eigenvalue weighted by atomic mass is 10.2. The number of anilines is 1. The van der Waals surface area contributed by atoms with E-state index in [-0.39, 0.29) is 12.5 Å². The van der Waals surface area contributed by atoms with Gasteiger partial charge in [-0.2, -0.15) is 0 Å². The highest BCUT2D eigenvalue weighted by molar-refractivity contribution is 8.06. The summed E-state index contributed by atoms with van der Waals surface area (Å²) in [5.74, 6) is -0.0263. The zero-order chi connectivity index (χ0) is 14.1. The van der Waals surface area contributed by atoms with Gasteiger partial charge >= 0.3 is 6.72 Å². The van der Waals surface area contributed by atoms with Gasteiger partial charge in [-0.05, 0) is 36.8 Å². The van der Waals surface area contributed by atoms with Gasteiger partial charge in [-0.15, -0.1) is 0 Å². The summed E-state index contributed by atoms with van der Waals surface area (Å²) < 4.78 is 4.67. The van der Waals surface area contributed by atoms with E-state index in [1.807, 2.05) is 30.3 Å². The SMILES string of the molecule is O=C(CCCCCOP(O)(O)=S)Nc1ccccc1. The first-order valence-corrected chi connectivity index (χ1v) is 8.65. The lowest BCUT2D eigenvalue weighted by molar-refractivity contribution is -0.116. The summed E-state index contributed by atoms with van der Waals surface area (Å²) >= 11 is 4.31. The minimum atomic E-state index is -3.53. The Morgan fingerprint density at radius 3 is 2.53 bits per heavy atom. The van der Waals surface area contributed by atoms with E-state index in [0.29, 0.717) is 12.8 Å². The lowest BCUT2D eigenvalue weighted by Crippen LogP contribution is -2.10. The monoisotopic (exact) mass is 303 g/mol. The van der Waals surface area contributed by atoms with Gasteiger partial charge in [0.25, 0.3) is 0 Å². The summed E-state index contributed by atoms with van der Waals surface area (Å²) in [4.78, 5) is 29.2. The molecular weight excluding hydrogens is 285 g/mol. The highest BCUT2D eigenvalue weighted by Crippen LogP contribution is 2.36. The number of carbonyl (C=O) groups is 1. The van der Waals surface area contributed by atoms with Gasteiger partial charge in [-0.1, -0.05) is 24.6 Å². The van der Waals surface area contributed by atoms with Gasteiger partial charge in [-0.3, -0.25) is 4.79 Å². The number of amides is 1. The molecule has 0 spiro atoms.